The van der Waals surface area contributed by atoms with E-state index in [1.165, 1.54) is 5.56 Å². The van der Waals surface area contributed by atoms with Crippen LogP contribution in [0.25, 0.3) is 0 Å². The first-order chi connectivity index (χ1) is 7.42. The van der Waals surface area contributed by atoms with Crippen LogP contribution >= 0.6 is 0 Å². The number of carbonyl (C=O) groups excluding carboxylic acids is 1. The minimum Gasteiger partial charge on any atom is -0.311 e. The minimum absolute atomic E-state index is 0.352. The molecule has 76 valence electrons. The lowest BCUT2D eigenvalue weighted by Crippen LogP contribution is -2.33. The standard InChI is InChI=1S/C13H13NO/c15-9-14-12-7-3-1-5-10(12)11-6-2-4-8-13(11)14/h1-3,5-7,9,11,13H,4,8H2. The fourth-order valence-electron chi connectivity index (χ4n) is 2.76. The van der Waals surface area contributed by atoms with Crippen molar-refractivity contribution in [3.63, 3.8) is 0 Å². The average molecular weight is 199 g/mol. The molecule has 3 rings (SSSR count). The number of carbonyl (C=O) groups is 1. The van der Waals surface area contributed by atoms with Crippen molar-refractivity contribution in [2.24, 2.45) is 0 Å². The van der Waals surface area contributed by atoms with E-state index in [0.717, 1.165) is 24.9 Å². The molecule has 1 amide bonds. The number of amides is 1. The number of hydrogen-bond donors (Lipinski definition) is 0. The molecule has 15 heavy (non-hydrogen) atoms. The Hall–Kier alpha value is -1.57. The molecule has 0 fully saturated rings. The molecule has 1 aliphatic carbocycles. The van der Waals surface area contributed by atoms with Crippen LogP contribution < -0.4 is 4.90 Å². The van der Waals surface area contributed by atoms with E-state index >= 15 is 0 Å². The third-order valence-corrected chi connectivity index (χ3v) is 3.43. The molecule has 0 aromatic heterocycles. The van der Waals surface area contributed by atoms with Gasteiger partial charge in [-0.2, -0.15) is 0 Å². The first-order valence-electron chi connectivity index (χ1n) is 5.41. The molecule has 1 heterocycles. The third kappa shape index (κ3) is 1.14. The van der Waals surface area contributed by atoms with E-state index in [2.05, 4.69) is 18.2 Å². The van der Waals surface area contributed by atoms with Crippen LogP contribution in [-0.4, -0.2) is 12.5 Å². The molecular formula is C13H13NO. The molecule has 2 aliphatic rings. The van der Waals surface area contributed by atoms with Crippen LogP contribution in [0, 0.1) is 0 Å². The Morgan fingerprint density at radius 1 is 1.33 bits per heavy atom. The van der Waals surface area contributed by atoms with E-state index in [4.69, 9.17) is 0 Å². The third-order valence-electron chi connectivity index (χ3n) is 3.43. The van der Waals surface area contributed by atoms with E-state index in [1.807, 2.05) is 23.1 Å². The first kappa shape index (κ1) is 8.72. The fraction of sp³-hybridized carbons (Fsp3) is 0.308. The van der Waals surface area contributed by atoms with Gasteiger partial charge in [0.1, 0.15) is 0 Å². The lowest BCUT2D eigenvalue weighted by Gasteiger charge is -2.26. The largest absolute Gasteiger partial charge is 0.311 e. The summed E-state index contributed by atoms with van der Waals surface area (Å²) in [6.07, 6.45) is 7.61. The van der Waals surface area contributed by atoms with Gasteiger partial charge in [0, 0.05) is 17.6 Å². The van der Waals surface area contributed by atoms with Gasteiger partial charge in [0.05, 0.1) is 0 Å². The molecule has 2 unspecified atom stereocenters. The number of hydrogen-bond acceptors (Lipinski definition) is 1. The van der Waals surface area contributed by atoms with E-state index in [0.29, 0.717) is 12.0 Å². The van der Waals surface area contributed by atoms with Crippen molar-refractivity contribution in [3.8, 4) is 0 Å². The summed E-state index contributed by atoms with van der Waals surface area (Å²) < 4.78 is 0. The van der Waals surface area contributed by atoms with Gasteiger partial charge in [0.15, 0.2) is 0 Å². The predicted octanol–water partition coefficient (Wildman–Crippen LogP) is 2.47. The maximum Gasteiger partial charge on any atom is 0.214 e. The quantitative estimate of drug-likeness (QED) is 0.502. The number of allylic oxidation sites excluding steroid dienone is 1. The Morgan fingerprint density at radius 2 is 2.20 bits per heavy atom. The summed E-state index contributed by atoms with van der Waals surface area (Å²) in [6, 6.07) is 8.57. The molecule has 0 radical (unpaired) electrons. The molecule has 0 bridgehead atoms. The Bertz CT molecular complexity index is 424. The second-order valence-electron chi connectivity index (χ2n) is 4.17. The van der Waals surface area contributed by atoms with Gasteiger partial charge in [-0.15, -0.1) is 0 Å². The minimum atomic E-state index is 0.352. The monoisotopic (exact) mass is 199 g/mol. The van der Waals surface area contributed by atoms with Gasteiger partial charge < -0.3 is 4.90 Å². The van der Waals surface area contributed by atoms with Gasteiger partial charge in [-0.1, -0.05) is 30.4 Å². The van der Waals surface area contributed by atoms with Crippen LogP contribution in [0.3, 0.4) is 0 Å². The molecule has 1 aliphatic heterocycles. The molecule has 0 saturated carbocycles. The van der Waals surface area contributed by atoms with Crippen molar-refractivity contribution >= 4 is 12.1 Å². The highest BCUT2D eigenvalue weighted by Gasteiger charge is 2.37. The molecule has 0 spiro atoms. The zero-order valence-corrected chi connectivity index (χ0v) is 8.47. The lowest BCUT2D eigenvalue weighted by molar-refractivity contribution is -0.107. The predicted molar refractivity (Wildman–Crippen MR) is 59.9 cm³/mol. The summed E-state index contributed by atoms with van der Waals surface area (Å²) in [5.74, 6) is 0.417. The molecule has 0 N–H and O–H groups in total. The maximum absolute atomic E-state index is 11.1. The summed E-state index contributed by atoms with van der Waals surface area (Å²) in [6.45, 7) is 0. The zero-order valence-electron chi connectivity index (χ0n) is 8.47. The van der Waals surface area contributed by atoms with Crippen LogP contribution in [0.4, 0.5) is 5.69 Å². The number of anilines is 1. The average Bonchev–Trinajstić information content (AvgIpc) is 2.63. The van der Waals surface area contributed by atoms with E-state index in [9.17, 15) is 4.79 Å². The zero-order chi connectivity index (χ0) is 10.3. The van der Waals surface area contributed by atoms with Gasteiger partial charge in [-0.25, -0.2) is 0 Å². The molecule has 1 aromatic carbocycles. The molecule has 1 aromatic rings. The van der Waals surface area contributed by atoms with Crippen molar-refractivity contribution in [2.75, 3.05) is 4.90 Å². The number of nitrogens with zero attached hydrogens (tertiary/aromatic N) is 1. The molecule has 2 heteroatoms. The van der Waals surface area contributed by atoms with Crippen molar-refractivity contribution in [1.82, 2.24) is 0 Å². The van der Waals surface area contributed by atoms with Crippen LogP contribution in [0.2, 0.25) is 0 Å². The fourth-order valence-corrected chi connectivity index (χ4v) is 2.76. The van der Waals surface area contributed by atoms with Crippen LogP contribution in [0.15, 0.2) is 36.4 Å². The van der Waals surface area contributed by atoms with Gasteiger partial charge in [-0.3, -0.25) is 4.79 Å². The highest BCUT2D eigenvalue weighted by molar-refractivity contribution is 5.82. The number of benzene rings is 1. The number of para-hydroxylation sites is 1. The summed E-state index contributed by atoms with van der Waals surface area (Å²) >= 11 is 0. The Kier molecular flexibility index (Phi) is 1.88. The van der Waals surface area contributed by atoms with Gasteiger partial charge in [0.25, 0.3) is 0 Å². The molecular weight excluding hydrogens is 186 g/mol. The van der Waals surface area contributed by atoms with Crippen molar-refractivity contribution in [2.45, 2.75) is 24.8 Å². The Labute approximate surface area is 89.2 Å². The summed E-state index contributed by atoms with van der Waals surface area (Å²) in [4.78, 5) is 13.0. The van der Waals surface area contributed by atoms with Crippen LogP contribution in [-0.2, 0) is 4.79 Å². The second-order valence-corrected chi connectivity index (χ2v) is 4.17. The van der Waals surface area contributed by atoms with E-state index in [-0.39, 0.29) is 0 Å². The van der Waals surface area contributed by atoms with Crippen molar-refractivity contribution in [3.05, 3.63) is 42.0 Å². The lowest BCUT2D eigenvalue weighted by atomic mass is 9.88. The van der Waals surface area contributed by atoms with Crippen LogP contribution in [0.5, 0.6) is 0 Å². The summed E-state index contributed by atoms with van der Waals surface area (Å²) in [5.41, 5.74) is 2.39. The van der Waals surface area contributed by atoms with Gasteiger partial charge >= 0.3 is 0 Å². The second kappa shape index (κ2) is 3.23. The summed E-state index contributed by atoms with van der Waals surface area (Å²) in [7, 11) is 0. The maximum atomic E-state index is 11.1. The van der Waals surface area contributed by atoms with Gasteiger partial charge in [0.2, 0.25) is 6.41 Å². The summed E-state index contributed by atoms with van der Waals surface area (Å²) in [5, 5.41) is 0. The number of rotatable bonds is 1. The smallest absolute Gasteiger partial charge is 0.214 e. The van der Waals surface area contributed by atoms with Gasteiger partial charge in [-0.05, 0) is 24.5 Å². The van der Waals surface area contributed by atoms with E-state index < -0.39 is 0 Å². The molecule has 2 nitrogen and oxygen atoms in total. The first-order valence-corrected chi connectivity index (χ1v) is 5.41. The van der Waals surface area contributed by atoms with Crippen LogP contribution in [0.1, 0.15) is 24.3 Å². The SMILES string of the molecule is O=CN1c2ccccc2C2C=CCCC21. The Balaban J connectivity index is 2.14. The number of fused-ring (bicyclic) bond motifs is 3. The van der Waals surface area contributed by atoms with Crippen molar-refractivity contribution in [1.29, 1.82) is 0 Å². The highest BCUT2D eigenvalue weighted by Crippen LogP contribution is 2.44. The molecule has 0 saturated heterocycles. The Morgan fingerprint density at radius 3 is 3.07 bits per heavy atom. The van der Waals surface area contributed by atoms with Crippen molar-refractivity contribution < 1.29 is 4.79 Å². The molecule has 2 atom stereocenters. The highest BCUT2D eigenvalue weighted by atomic mass is 16.1. The topological polar surface area (TPSA) is 20.3 Å². The van der Waals surface area contributed by atoms with E-state index in [1.54, 1.807) is 0 Å². The normalized spacial score (nSPS) is 27.3.